The molecular weight excluding hydrogens is 216 g/mol. The van der Waals surface area contributed by atoms with E-state index in [1.165, 1.54) is 0 Å². The van der Waals surface area contributed by atoms with E-state index in [2.05, 4.69) is 30.8 Å². The second-order valence-electron chi connectivity index (χ2n) is 5.53. The first-order valence-electron chi connectivity index (χ1n) is 6.40. The van der Waals surface area contributed by atoms with Crippen LogP contribution in [0.1, 0.15) is 33.6 Å². The monoisotopic (exact) mass is 244 g/mol. The van der Waals surface area contributed by atoms with Crippen LogP contribution in [0.5, 0.6) is 0 Å². The van der Waals surface area contributed by atoms with Gasteiger partial charge in [0.25, 0.3) is 0 Å². The van der Waals surface area contributed by atoms with Crippen molar-refractivity contribution in [2.75, 3.05) is 40.3 Å². The van der Waals surface area contributed by atoms with E-state index in [-0.39, 0.29) is 0 Å². The van der Waals surface area contributed by atoms with Crippen LogP contribution in [-0.2, 0) is 4.79 Å². The summed E-state index contributed by atoms with van der Waals surface area (Å²) >= 11 is 0. The van der Waals surface area contributed by atoms with Gasteiger partial charge in [-0.05, 0) is 67.0 Å². The van der Waals surface area contributed by atoms with Crippen molar-refractivity contribution in [1.29, 1.82) is 0 Å². The van der Waals surface area contributed by atoms with Crippen molar-refractivity contribution in [3.05, 3.63) is 0 Å². The summed E-state index contributed by atoms with van der Waals surface area (Å²) in [6.07, 6.45) is 1.84. The summed E-state index contributed by atoms with van der Waals surface area (Å²) in [6, 6.07) is 0. The van der Waals surface area contributed by atoms with Gasteiger partial charge in [0.1, 0.15) is 0 Å². The van der Waals surface area contributed by atoms with Crippen molar-refractivity contribution in [2.24, 2.45) is 5.41 Å². The SMILES string of the molecule is CCN(CCCN(C)C)CCC(C)(C)C(=O)O. The molecule has 0 rings (SSSR count). The van der Waals surface area contributed by atoms with Gasteiger partial charge in [-0.15, -0.1) is 0 Å². The third kappa shape index (κ3) is 7.34. The minimum atomic E-state index is -0.707. The zero-order chi connectivity index (χ0) is 13.5. The van der Waals surface area contributed by atoms with Gasteiger partial charge in [0, 0.05) is 0 Å². The largest absolute Gasteiger partial charge is 0.481 e. The zero-order valence-corrected chi connectivity index (χ0v) is 12.0. The molecule has 0 radical (unpaired) electrons. The summed E-state index contributed by atoms with van der Waals surface area (Å²) in [5.74, 6) is -0.707. The standard InChI is InChI=1S/C13H28N2O2/c1-6-15(10-7-9-14(4)5)11-8-13(2,3)12(16)17/h6-11H2,1-5H3,(H,16,17). The Hall–Kier alpha value is -0.610. The van der Waals surface area contributed by atoms with E-state index >= 15 is 0 Å². The maximum Gasteiger partial charge on any atom is 0.309 e. The molecule has 4 heteroatoms. The molecule has 102 valence electrons. The predicted octanol–water partition coefficient (Wildman–Crippen LogP) is 1.76. The minimum absolute atomic E-state index is 0.616. The van der Waals surface area contributed by atoms with E-state index in [9.17, 15) is 4.79 Å². The van der Waals surface area contributed by atoms with Crippen LogP contribution in [-0.4, -0.2) is 61.2 Å². The molecule has 0 saturated heterocycles. The van der Waals surface area contributed by atoms with Crippen LogP contribution in [0.4, 0.5) is 0 Å². The molecule has 0 bridgehead atoms. The zero-order valence-electron chi connectivity index (χ0n) is 12.0. The number of rotatable bonds is 9. The van der Waals surface area contributed by atoms with Crippen LogP contribution in [0.25, 0.3) is 0 Å². The first-order chi connectivity index (χ1) is 7.79. The Morgan fingerprint density at radius 1 is 1.18 bits per heavy atom. The number of carboxylic acid groups (broad SMARTS) is 1. The highest BCUT2D eigenvalue weighted by molar-refractivity contribution is 5.73. The molecule has 0 aromatic rings. The quantitative estimate of drug-likeness (QED) is 0.671. The highest BCUT2D eigenvalue weighted by atomic mass is 16.4. The molecule has 4 nitrogen and oxygen atoms in total. The average molecular weight is 244 g/mol. The Kier molecular flexibility index (Phi) is 7.39. The average Bonchev–Trinajstić information content (AvgIpc) is 2.22. The van der Waals surface area contributed by atoms with Crippen LogP contribution >= 0.6 is 0 Å². The number of nitrogens with zero attached hydrogens (tertiary/aromatic N) is 2. The number of hydrogen-bond donors (Lipinski definition) is 1. The molecule has 0 atom stereocenters. The molecule has 0 aliphatic carbocycles. The van der Waals surface area contributed by atoms with Gasteiger partial charge in [-0.3, -0.25) is 4.79 Å². The highest BCUT2D eigenvalue weighted by Gasteiger charge is 2.27. The molecule has 0 spiro atoms. The second-order valence-corrected chi connectivity index (χ2v) is 5.53. The van der Waals surface area contributed by atoms with Crippen molar-refractivity contribution in [3.63, 3.8) is 0 Å². The summed E-state index contributed by atoms with van der Waals surface area (Å²) in [5, 5.41) is 9.05. The fraction of sp³-hybridized carbons (Fsp3) is 0.923. The second kappa shape index (κ2) is 7.67. The van der Waals surface area contributed by atoms with Crippen LogP contribution in [0.2, 0.25) is 0 Å². The van der Waals surface area contributed by atoms with Crippen molar-refractivity contribution in [3.8, 4) is 0 Å². The van der Waals surface area contributed by atoms with Gasteiger partial charge in [-0.2, -0.15) is 0 Å². The van der Waals surface area contributed by atoms with Crippen molar-refractivity contribution < 1.29 is 9.90 Å². The fourth-order valence-corrected chi connectivity index (χ4v) is 1.58. The van der Waals surface area contributed by atoms with Gasteiger partial charge >= 0.3 is 5.97 Å². The molecule has 0 aliphatic heterocycles. The Balaban J connectivity index is 3.93. The number of aliphatic carboxylic acids is 1. The van der Waals surface area contributed by atoms with E-state index in [1.807, 2.05) is 0 Å². The lowest BCUT2D eigenvalue weighted by Crippen LogP contribution is -2.33. The Labute approximate surface area is 106 Å². The van der Waals surface area contributed by atoms with Gasteiger partial charge in [-0.1, -0.05) is 6.92 Å². The number of carboxylic acids is 1. The third-order valence-corrected chi connectivity index (χ3v) is 3.16. The van der Waals surface area contributed by atoms with E-state index in [1.54, 1.807) is 13.8 Å². The first-order valence-corrected chi connectivity index (χ1v) is 6.40. The summed E-state index contributed by atoms with van der Waals surface area (Å²) in [6.45, 7) is 9.70. The molecule has 1 N–H and O–H groups in total. The van der Waals surface area contributed by atoms with E-state index in [0.717, 1.165) is 32.6 Å². The highest BCUT2D eigenvalue weighted by Crippen LogP contribution is 2.20. The first kappa shape index (κ1) is 16.4. The van der Waals surface area contributed by atoms with Gasteiger partial charge in [0.15, 0.2) is 0 Å². The predicted molar refractivity (Wildman–Crippen MR) is 71.3 cm³/mol. The summed E-state index contributed by atoms with van der Waals surface area (Å²) in [7, 11) is 4.15. The van der Waals surface area contributed by atoms with E-state index in [0.29, 0.717) is 6.42 Å². The number of carbonyl (C=O) groups is 1. The molecule has 17 heavy (non-hydrogen) atoms. The minimum Gasteiger partial charge on any atom is -0.481 e. The molecule has 0 aromatic carbocycles. The molecular formula is C13H28N2O2. The van der Waals surface area contributed by atoms with Gasteiger partial charge < -0.3 is 14.9 Å². The van der Waals surface area contributed by atoms with Crippen LogP contribution in [0, 0.1) is 5.41 Å². The Bertz CT molecular complexity index is 227. The lowest BCUT2D eigenvalue weighted by molar-refractivity contribution is -0.147. The molecule has 0 unspecified atom stereocenters. The Morgan fingerprint density at radius 3 is 2.18 bits per heavy atom. The lowest BCUT2D eigenvalue weighted by Gasteiger charge is -2.26. The molecule has 0 saturated carbocycles. The number of hydrogen-bond acceptors (Lipinski definition) is 3. The van der Waals surface area contributed by atoms with E-state index in [4.69, 9.17) is 5.11 Å². The van der Waals surface area contributed by atoms with Crippen LogP contribution < -0.4 is 0 Å². The summed E-state index contributed by atoms with van der Waals surface area (Å²) < 4.78 is 0. The van der Waals surface area contributed by atoms with Crippen LogP contribution in [0.15, 0.2) is 0 Å². The van der Waals surface area contributed by atoms with Gasteiger partial charge in [0.2, 0.25) is 0 Å². The summed E-state index contributed by atoms with van der Waals surface area (Å²) in [4.78, 5) is 15.5. The van der Waals surface area contributed by atoms with Crippen molar-refractivity contribution in [2.45, 2.75) is 33.6 Å². The molecule has 0 heterocycles. The normalized spacial score (nSPS) is 12.4. The summed E-state index contributed by atoms with van der Waals surface area (Å²) in [5.41, 5.74) is -0.616. The van der Waals surface area contributed by atoms with Gasteiger partial charge in [-0.25, -0.2) is 0 Å². The van der Waals surface area contributed by atoms with E-state index < -0.39 is 11.4 Å². The van der Waals surface area contributed by atoms with Gasteiger partial charge in [0.05, 0.1) is 5.41 Å². The molecule has 0 amide bonds. The molecule has 0 aromatic heterocycles. The third-order valence-electron chi connectivity index (χ3n) is 3.16. The maximum absolute atomic E-state index is 11.0. The van der Waals surface area contributed by atoms with Crippen molar-refractivity contribution >= 4 is 5.97 Å². The van der Waals surface area contributed by atoms with Crippen LogP contribution in [0.3, 0.4) is 0 Å². The maximum atomic E-state index is 11.0. The Morgan fingerprint density at radius 2 is 1.76 bits per heavy atom. The fourth-order valence-electron chi connectivity index (χ4n) is 1.58. The van der Waals surface area contributed by atoms with Crippen molar-refractivity contribution in [1.82, 2.24) is 9.80 Å². The lowest BCUT2D eigenvalue weighted by atomic mass is 9.89. The molecule has 0 aliphatic rings. The molecule has 0 fully saturated rings. The topological polar surface area (TPSA) is 43.8 Å². The smallest absolute Gasteiger partial charge is 0.309 e.